The average Bonchev–Trinajstić information content (AvgIpc) is 3.10. The van der Waals surface area contributed by atoms with Crippen molar-refractivity contribution in [3.63, 3.8) is 0 Å². The molecule has 0 amide bonds. The lowest BCUT2D eigenvalue weighted by molar-refractivity contribution is 0.246. The number of aromatic nitrogens is 4. The Balaban J connectivity index is 1.51. The summed E-state index contributed by atoms with van der Waals surface area (Å²) in [5.74, 6) is 1.62. The van der Waals surface area contributed by atoms with E-state index in [-0.39, 0.29) is 11.4 Å². The number of hydrogen-bond acceptors (Lipinski definition) is 5. The van der Waals surface area contributed by atoms with E-state index in [1.807, 2.05) is 18.2 Å². The van der Waals surface area contributed by atoms with E-state index >= 15 is 0 Å². The second kappa shape index (κ2) is 4.89. The number of nitrogens with one attached hydrogen (secondary N) is 2. The number of H-pyrrole nitrogens is 1. The lowest BCUT2D eigenvalue weighted by Crippen LogP contribution is -2.24. The summed E-state index contributed by atoms with van der Waals surface area (Å²) in [5.41, 5.74) is 1.85. The van der Waals surface area contributed by atoms with Gasteiger partial charge < -0.3 is 10.1 Å². The molecule has 0 saturated heterocycles. The largest absolute Gasteiger partial charge is 0.488 e. The van der Waals surface area contributed by atoms with Gasteiger partial charge in [-0.25, -0.2) is 0 Å². The number of halogens is 1. The molecule has 0 bridgehead atoms. The fourth-order valence-corrected chi connectivity index (χ4v) is 2.69. The van der Waals surface area contributed by atoms with Gasteiger partial charge in [-0.3, -0.25) is 5.10 Å². The number of aromatic amines is 1. The minimum atomic E-state index is 0.0816. The highest BCUT2D eigenvalue weighted by Crippen LogP contribution is 2.28. The van der Waals surface area contributed by atoms with Gasteiger partial charge >= 0.3 is 0 Å². The van der Waals surface area contributed by atoms with E-state index in [4.69, 9.17) is 16.3 Å². The third-order valence-corrected chi connectivity index (χ3v) is 3.66. The fourth-order valence-electron chi connectivity index (χ4n) is 2.52. The summed E-state index contributed by atoms with van der Waals surface area (Å²) in [6.07, 6.45) is 2.65. The van der Waals surface area contributed by atoms with E-state index in [1.165, 1.54) is 5.56 Å². The van der Waals surface area contributed by atoms with Gasteiger partial charge in [0.05, 0.1) is 18.1 Å². The number of benzene rings is 1. The molecule has 21 heavy (non-hydrogen) atoms. The molecule has 0 spiro atoms. The Morgan fingerprint density at radius 2 is 2.24 bits per heavy atom. The van der Waals surface area contributed by atoms with Crippen LogP contribution in [0.4, 0.5) is 5.82 Å². The molecule has 3 aromatic rings. The normalized spacial score (nSPS) is 16.7. The number of fused-ring (bicyclic) bond motifs is 2. The van der Waals surface area contributed by atoms with Gasteiger partial charge in [0.2, 0.25) is 5.28 Å². The van der Waals surface area contributed by atoms with Crippen LogP contribution < -0.4 is 10.1 Å². The molecule has 2 N–H and O–H groups in total. The van der Waals surface area contributed by atoms with E-state index in [0.29, 0.717) is 18.0 Å². The topological polar surface area (TPSA) is 75.7 Å². The number of nitrogens with zero attached hydrogens (tertiary/aromatic N) is 3. The number of para-hydroxylation sites is 1. The molecule has 0 radical (unpaired) electrons. The predicted octanol–water partition coefficient (Wildman–Crippen LogP) is 2.42. The Hall–Kier alpha value is -2.34. The van der Waals surface area contributed by atoms with Gasteiger partial charge in [-0.15, -0.1) is 0 Å². The Morgan fingerprint density at radius 1 is 1.33 bits per heavy atom. The molecule has 3 heterocycles. The van der Waals surface area contributed by atoms with Crippen molar-refractivity contribution in [2.24, 2.45) is 0 Å². The summed E-state index contributed by atoms with van der Waals surface area (Å²) in [6.45, 7) is 0.641. The molecular weight excluding hydrogens is 290 g/mol. The van der Waals surface area contributed by atoms with Crippen molar-refractivity contribution in [2.75, 3.05) is 11.9 Å². The van der Waals surface area contributed by atoms with Crippen LogP contribution >= 0.6 is 11.6 Å². The molecule has 1 atom stereocenters. The van der Waals surface area contributed by atoms with Crippen molar-refractivity contribution in [1.82, 2.24) is 20.2 Å². The molecular formula is C14H12ClN5O. The van der Waals surface area contributed by atoms with Gasteiger partial charge in [-0.2, -0.15) is 15.1 Å². The number of ether oxygens (including phenoxy) is 1. The van der Waals surface area contributed by atoms with E-state index in [2.05, 4.69) is 31.5 Å². The zero-order valence-corrected chi connectivity index (χ0v) is 11.8. The van der Waals surface area contributed by atoms with E-state index in [9.17, 15) is 0 Å². The van der Waals surface area contributed by atoms with Crippen LogP contribution in [-0.2, 0) is 6.42 Å². The van der Waals surface area contributed by atoms with Crippen LogP contribution in [0.2, 0.25) is 5.28 Å². The highest BCUT2D eigenvalue weighted by atomic mass is 35.5. The minimum absolute atomic E-state index is 0.0816. The van der Waals surface area contributed by atoms with Crippen molar-refractivity contribution in [3.8, 4) is 5.75 Å². The SMILES string of the molecule is Clc1nc(NCC2Cc3ccccc3O2)c2cn[nH]c2n1. The van der Waals surface area contributed by atoms with Crippen molar-refractivity contribution in [3.05, 3.63) is 41.3 Å². The van der Waals surface area contributed by atoms with Gasteiger partial charge in [0.1, 0.15) is 17.7 Å². The second-order valence-corrected chi connectivity index (χ2v) is 5.24. The van der Waals surface area contributed by atoms with Crippen LogP contribution in [0.25, 0.3) is 11.0 Å². The molecule has 4 rings (SSSR count). The Labute approximate surface area is 125 Å². The first-order chi connectivity index (χ1) is 10.3. The van der Waals surface area contributed by atoms with Crippen LogP contribution in [0.5, 0.6) is 5.75 Å². The summed E-state index contributed by atoms with van der Waals surface area (Å²) in [6, 6.07) is 8.08. The van der Waals surface area contributed by atoms with Crippen molar-refractivity contribution in [2.45, 2.75) is 12.5 Å². The summed E-state index contributed by atoms with van der Waals surface area (Å²) < 4.78 is 5.89. The van der Waals surface area contributed by atoms with Gasteiger partial charge in [0.25, 0.3) is 0 Å². The van der Waals surface area contributed by atoms with Gasteiger partial charge in [0, 0.05) is 6.42 Å². The van der Waals surface area contributed by atoms with Crippen molar-refractivity contribution < 1.29 is 4.74 Å². The molecule has 0 saturated carbocycles. The average molecular weight is 302 g/mol. The Bertz CT molecular complexity index is 778. The summed E-state index contributed by atoms with van der Waals surface area (Å²) >= 11 is 5.91. The summed E-state index contributed by atoms with van der Waals surface area (Å²) in [5, 5.41) is 11.0. The minimum Gasteiger partial charge on any atom is -0.488 e. The standard InChI is InChI=1S/C14H12ClN5O/c15-14-18-12(10-7-17-20-13(10)19-14)16-6-9-5-8-3-1-2-4-11(8)21-9/h1-4,7,9H,5-6H2,(H2,16,17,18,19,20). The molecule has 0 aliphatic carbocycles. The Kier molecular flexibility index (Phi) is 2.89. The third-order valence-electron chi connectivity index (χ3n) is 3.49. The molecule has 1 unspecified atom stereocenters. The summed E-state index contributed by atoms with van der Waals surface area (Å²) in [4.78, 5) is 8.28. The zero-order valence-electron chi connectivity index (χ0n) is 11.0. The van der Waals surface area contributed by atoms with Gasteiger partial charge in [0.15, 0.2) is 5.65 Å². The second-order valence-electron chi connectivity index (χ2n) is 4.91. The highest BCUT2D eigenvalue weighted by molar-refractivity contribution is 6.28. The molecule has 106 valence electrons. The Morgan fingerprint density at radius 3 is 3.14 bits per heavy atom. The zero-order chi connectivity index (χ0) is 14.2. The monoisotopic (exact) mass is 301 g/mol. The third kappa shape index (κ3) is 2.27. The number of hydrogen-bond donors (Lipinski definition) is 2. The highest BCUT2D eigenvalue weighted by Gasteiger charge is 2.22. The van der Waals surface area contributed by atoms with E-state index < -0.39 is 0 Å². The lowest BCUT2D eigenvalue weighted by Gasteiger charge is -2.12. The summed E-state index contributed by atoms with van der Waals surface area (Å²) in [7, 11) is 0. The molecule has 6 nitrogen and oxygen atoms in total. The molecule has 1 aliphatic rings. The first-order valence-corrected chi connectivity index (χ1v) is 7.02. The van der Waals surface area contributed by atoms with E-state index in [0.717, 1.165) is 17.6 Å². The van der Waals surface area contributed by atoms with Crippen molar-refractivity contribution >= 4 is 28.5 Å². The van der Waals surface area contributed by atoms with Crippen LogP contribution in [-0.4, -0.2) is 32.8 Å². The van der Waals surface area contributed by atoms with Crippen LogP contribution in [0, 0.1) is 0 Å². The maximum atomic E-state index is 5.91. The maximum Gasteiger partial charge on any atom is 0.226 e. The molecule has 1 aromatic carbocycles. The fraction of sp³-hybridized carbons (Fsp3) is 0.214. The van der Waals surface area contributed by atoms with Crippen LogP contribution in [0.1, 0.15) is 5.56 Å². The lowest BCUT2D eigenvalue weighted by atomic mass is 10.1. The molecule has 7 heteroatoms. The van der Waals surface area contributed by atoms with Gasteiger partial charge in [-0.1, -0.05) is 18.2 Å². The maximum absolute atomic E-state index is 5.91. The molecule has 2 aromatic heterocycles. The quantitative estimate of drug-likeness (QED) is 0.727. The first kappa shape index (κ1) is 12.4. The number of anilines is 1. The van der Waals surface area contributed by atoms with Crippen LogP contribution in [0.15, 0.2) is 30.5 Å². The van der Waals surface area contributed by atoms with Crippen LogP contribution in [0.3, 0.4) is 0 Å². The van der Waals surface area contributed by atoms with E-state index in [1.54, 1.807) is 6.20 Å². The number of rotatable bonds is 3. The first-order valence-electron chi connectivity index (χ1n) is 6.64. The van der Waals surface area contributed by atoms with Gasteiger partial charge in [-0.05, 0) is 23.2 Å². The molecule has 0 fully saturated rings. The molecule has 1 aliphatic heterocycles. The van der Waals surface area contributed by atoms with Crippen molar-refractivity contribution in [1.29, 1.82) is 0 Å². The smallest absolute Gasteiger partial charge is 0.226 e. The predicted molar refractivity (Wildman–Crippen MR) is 79.7 cm³/mol.